The van der Waals surface area contributed by atoms with Crippen LogP contribution in [0.1, 0.15) is 90.3 Å². The third-order valence-corrected chi connectivity index (χ3v) is 7.82. The van der Waals surface area contributed by atoms with Gasteiger partial charge in [0.2, 0.25) is 0 Å². The molecule has 0 N–H and O–H groups in total. The zero-order valence-electron chi connectivity index (χ0n) is 19.6. The standard InChI is InChI=1S/C27H32N4O2/c1-17-9-10-20(14-17)25-18(2)16-31-24(28-25)15-22(29-31)23-8-3-4-12-30(23)27(32)21-7-5-6-19-11-13-33-26(19)21/h5-7,15-17,20,23H,3-4,8-14H2,1-2H3/t17-,20?,23-/m0/s1. The molecular weight excluding hydrogens is 412 g/mol. The monoisotopic (exact) mass is 444 g/mol. The molecule has 6 nitrogen and oxygen atoms in total. The SMILES string of the molecule is Cc1cn2nc([C@@H]3CCCCN3C(=O)c3cccc4c3OCC4)cc2nc1C1CC[C@H](C)C1. The van der Waals surface area contributed by atoms with E-state index in [9.17, 15) is 4.79 Å². The van der Waals surface area contributed by atoms with Crippen LogP contribution in [0.5, 0.6) is 5.75 Å². The average molecular weight is 445 g/mol. The minimum absolute atomic E-state index is 0.0273. The van der Waals surface area contributed by atoms with Gasteiger partial charge in [-0.2, -0.15) is 5.10 Å². The summed E-state index contributed by atoms with van der Waals surface area (Å²) >= 11 is 0. The van der Waals surface area contributed by atoms with Crippen LogP contribution in [0.4, 0.5) is 0 Å². The van der Waals surface area contributed by atoms with Gasteiger partial charge in [-0.05, 0) is 62.1 Å². The Labute approximate surface area is 195 Å². The predicted octanol–water partition coefficient (Wildman–Crippen LogP) is 5.24. The number of nitrogens with zero attached hydrogens (tertiary/aromatic N) is 4. The first-order valence-corrected chi connectivity index (χ1v) is 12.5. The Morgan fingerprint density at radius 3 is 2.94 bits per heavy atom. The molecule has 1 aromatic carbocycles. The van der Waals surface area contributed by atoms with Gasteiger partial charge in [0.15, 0.2) is 5.65 Å². The molecule has 3 atom stereocenters. The average Bonchev–Trinajstić information content (AvgIpc) is 3.57. The van der Waals surface area contributed by atoms with Crippen LogP contribution in [0.2, 0.25) is 0 Å². The zero-order chi connectivity index (χ0) is 22.5. The number of benzene rings is 1. The lowest BCUT2D eigenvalue weighted by Gasteiger charge is -2.35. The van der Waals surface area contributed by atoms with Crippen LogP contribution in [-0.2, 0) is 6.42 Å². The number of carbonyl (C=O) groups excluding carboxylic acids is 1. The molecule has 1 saturated heterocycles. The van der Waals surface area contributed by atoms with E-state index in [0.717, 1.165) is 60.8 Å². The van der Waals surface area contributed by atoms with E-state index in [2.05, 4.69) is 32.2 Å². The Bertz CT molecular complexity index is 1220. The maximum absolute atomic E-state index is 13.7. The number of hydrogen-bond acceptors (Lipinski definition) is 4. The molecule has 0 radical (unpaired) electrons. The van der Waals surface area contributed by atoms with Crippen LogP contribution < -0.4 is 4.74 Å². The van der Waals surface area contributed by atoms with Gasteiger partial charge in [0.25, 0.3) is 5.91 Å². The lowest BCUT2D eigenvalue weighted by atomic mass is 9.97. The molecule has 1 saturated carbocycles. The summed E-state index contributed by atoms with van der Waals surface area (Å²) < 4.78 is 7.75. The molecular formula is C27H32N4O2. The molecule has 172 valence electrons. The number of amides is 1. The Morgan fingerprint density at radius 2 is 2.09 bits per heavy atom. The van der Waals surface area contributed by atoms with E-state index < -0.39 is 0 Å². The molecule has 2 fully saturated rings. The Hall–Kier alpha value is -2.89. The van der Waals surface area contributed by atoms with Crippen molar-refractivity contribution in [3.63, 3.8) is 0 Å². The minimum atomic E-state index is -0.0273. The largest absolute Gasteiger partial charge is 0.492 e. The van der Waals surface area contributed by atoms with E-state index in [0.29, 0.717) is 18.1 Å². The highest BCUT2D eigenvalue weighted by Gasteiger charge is 2.33. The Kier molecular flexibility index (Phi) is 5.11. The molecule has 2 aliphatic heterocycles. The molecule has 0 bridgehead atoms. The number of hydrogen-bond donors (Lipinski definition) is 0. The van der Waals surface area contributed by atoms with Gasteiger partial charge in [0.05, 0.1) is 29.6 Å². The van der Waals surface area contributed by atoms with Crippen molar-refractivity contribution in [3.05, 3.63) is 58.5 Å². The molecule has 4 heterocycles. The molecule has 3 aliphatic rings. The lowest BCUT2D eigenvalue weighted by molar-refractivity contribution is 0.0602. The van der Waals surface area contributed by atoms with Crippen LogP contribution in [0.3, 0.4) is 0 Å². The summed E-state index contributed by atoms with van der Waals surface area (Å²) in [6.07, 6.45) is 9.78. The van der Waals surface area contributed by atoms with Gasteiger partial charge in [-0.15, -0.1) is 0 Å². The molecule has 1 unspecified atom stereocenters. The quantitative estimate of drug-likeness (QED) is 0.554. The van der Waals surface area contributed by atoms with Crippen molar-refractivity contribution in [2.75, 3.05) is 13.2 Å². The first-order valence-electron chi connectivity index (χ1n) is 12.5. The third kappa shape index (κ3) is 3.60. The lowest BCUT2D eigenvalue weighted by Crippen LogP contribution is -2.38. The van der Waals surface area contributed by atoms with Crippen molar-refractivity contribution in [2.45, 2.75) is 70.8 Å². The van der Waals surface area contributed by atoms with Crippen molar-refractivity contribution in [2.24, 2.45) is 5.92 Å². The summed E-state index contributed by atoms with van der Waals surface area (Å²) in [5.74, 6) is 2.16. The highest BCUT2D eigenvalue weighted by molar-refractivity contribution is 5.98. The number of aryl methyl sites for hydroxylation is 1. The molecule has 6 rings (SSSR count). The van der Waals surface area contributed by atoms with Gasteiger partial charge < -0.3 is 9.64 Å². The highest BCUT2D eigenvalue weighted by Crippen LogP contribution is 2.39. The molecule has 1 aliphatic carbocycles. The topological polar surface area (TPSA) is 59.7 Å². The number of fused-ring (bicyclic) bond motifs is 2. The van der Waals surface area contributed by atoms with Gasteiger partial charge in [-0.3, -0.25) is 4.79 Å². The fourth-order valence-corrected chi connectivity index (χ4v) is 6.09. The number of likely N-dealkylation sites (tertiary alicyclic amines) is 1. The number of carbonyl (C=O) groups is 1. The van der Waals surface area contributed by atoms with Crippen LogP contribution in [0, 0.1) is 12.8 Å². The van der Waals surface area contributed by atoms with E-state index in [1.54, 1.807) is 0 Å². The number of para-hydroxylation sites is 1. The van der Waals surface area contributed by atoms with Crippen molar-refractivity contribution < 1.29 is 9.53 Å². The van der Waals surface area contributed by atoms with E-state index in [-0.39, 0.29) is 11.9 Å². The van der Waals surface area contributed by atoms with Gasteiger partial charge in [-0.1, -0.05) is 25.5 Å². The van der Waals surface area contributed by atoms with Crippen molar-refractivity contribution in [1.29, 1.82) is 0 Å². The molecule has 33 heavy (non-hydrogen) atoms. The molecule has 2 aromatic heterocycles. The molecule has 0 spiro atoms. The Morgan fingerprint density at radius 1 is 1.18 bits per heavy atom. The fourth-order valence-electron chi connectivity index (χ4n) is 6.09. The molecule has 3 aromatic rings. The van der Waals surface area contributed by atoms with Crippen LogP contribution >= 0.6 is 0 Å². The smallest absolute Gasteiger partial charge is 0.258 e. The second-order valence-corrected chi connectivity index (χ2v) is 10.2. The van der Waals surface area contributed by atoms with E-state index in [1.165, 1.54) is 30.5 Å². The maximum atomic E-state index is 13.7. The van der Waals surface area contributed by atoms with Crippen LogP contribution in [0.15, 0.2) is 30.5 Å². The summed E-state index contributed by atoms with van der Waals surface area (Å²) in [5.41, 5.74) is 6.10. The van der Waals surface area contributed by atoms with Gasteiger partial charge in [0.1, 0.15) is 5.75 Å². The summed E-state index contributed by atoms with van der Waals surface area (Å²) in [7, 11) is 0. The second kappa shape index (κ2) is 8.15. The van der Waals surface area contributed by atoms with Crippen molar-refractivity contribution in [1.82, 2.24) is 19.5 Å². The predicted molar refractivity (Wildman–Crippen MR) is 127 cm³/mol. The number of rotatable bonds is 3. The summed E-state index contributed by atoms with van der Waals surface area (Å²) in [6, 6.07) is 8.01. The van der Waals surface area contributed by atoms with E-state index in [4.69, 9.17) is 14.8 Å². The summed E-state index contributed by atoms with van der Waals surface area (Å²) in [5, 5.41) is 4.91. The van der Waals surface area contributed by atoms with Crippen LogP contribution in [-0.4, -0.2) is 38.6 Å². The molecule has 6 heteroatoms. The fraction of sp³-hybridized carbons (Fsp3) is 0.519. The minimum Gasteiger partial charge on any atom is -0.492 e. The highest BCUT2D eigenvalue weighted by atomic mass is 16.5. The summed E-state index contributed by atoms with van der Waals surface area (Å²) in [6.45, 7) is 5.90. The van der Waals surface area contributed by atoms with Crippen LogP contribution in [0.25, 0.3) is 5.65 Å². The number of ether oxygens (including phenoxy) is 1. The van der Waals surface area contributed by atoms with E-state index >= 15 is 0 Å². The van der Waals surface area contributed by atoms with Gasteiger partial charge >= 0.3 is 0 Å². The normalized spacial score (nSPS) is 24.8. The second-order valence-electron chi connectivity index (χ2n) is 10.2. The first kappa shape index (κ1) is 20.7. The first-order chi connectivity index (χ1) is 16.1. The zero-order valence-corrected chi connectivity index (χ0v) is 19.6. The van der Waals surface area contributed by atoms with Gasteiger partial charge in [0, 0.05) is 31.1 Å². The van der Waals surface area contributed by atoms with Gasteiger partial charge in [-0.25, -0.2) is 9.50 Å². The number of aromatic nitrogens is 3. The van der Waals surface area contributed by atoms with Crippen molar-refractivity contribution >= 4 is 11.6 Å². The van der Waals surface area contributed by atoms with E-state index in [1.807, 2.05) is 21.5 Å². The third-order valence-electron chi connectivity index (χ3n) is 7.82. The summed E-state index contributed by atoms with van der Waals surface area (Å²) in [4.78, 5) is 20.7. The van der Waals surface area contributed by atoms with Crippen molar-refractivity contribution in [3.8, 4) is 5.75 Å². The molecule has 1 amide bonds. The number of piperidine rings is 1. The Balaban J connectivity index is 1.33. The maximum Gasteiger partial charge on any atom is 0.258 e.